The molecule has 0 aliphatic carbocycles. The van der Waals surface area contributed by atoms with Gasteiger partial charge in [0.25, 0.3) is 0 Å². The van der Waals surface area contributed by atoms with Gasteiger partial charge < -0.3 is 9.64 Å². The third kappa shape index (κ3) is 2.44. The first-order valence-electron chi connectivity index (χ1n) is 4.90. The van der Waals surface area contributed by atoms with Crippen molar-refractivity contribution < 1.29 is 17.9 Å². The number of morpholine rings is 1. The van der Waals surface area contributed by atoms with Gasteiger partial charge in [-0.2, -0.15) is 13.2 Å². The van der Waals surface area contributed by atoms with Crippen molar-refractivity contribution in [3.63, 3.8) is 0 Å². The second-order valence-corrected chi connectivity index (χ2v) is 3.56. The Bertz CT molecular complexity index is 342. The molecule has 1 fully saturated rings. The van der Waals surface area contributed by atoms with Gasteiger partial charge in [-0.05, 0) is 12.1 Å². The zero-order chi connectivity index (χ0) is 11.6. The monoisotopic (exact) mass is 232 g/mol. The van der Waals surface area contributed by atoms with Crippen LogP contribution in [0.3, 0.4) is 0 Å². The zero-order valence-corrected chi connectivity index (χ0v) is 8.44. The van der Waals surface area contributed by atoms with Gasteiger partial charge >= 0.3 is 6.18 Å². The molecule has 3 nitrogen and oxygen atoms in total. The van der Waals surface area contributed by atoms with Crippen molar-refractivity contribution in [2.45, 2.75) is 12.3 Å². The average molecular weight is 232 g/mol. The minimum absolute atomic E-state index is 0.0824. The summed E-state index contributed by atoms with van der Waals surface area (Å²) >= 11 is 0. The lowest BCUT2D eigenvalue weighted by Gasteiger charge is -2.34. The molecule has 2 heterocycles. The minimum Gasteiger partial charge on any atom is -0.365 e. The molecular weight excluding hydrogens is 221 g/mol. The highest BCUT2D eigenvalue weighted by Gasteiger charge is 2.43. The van der Waals surface area contributed by atoms with Crippen molar-refractivity contribution >= 4 is 5.69 Å². The Morgan fingerprint density at radius 3 is 2.88 bits per heavy atom. The summed E-state index contributed by atoms with van der Waals surface area (Å²) in [6, 6.07) is 3.44. The smallest absolute Gasteiger partial charge is 0.365 e. The number of anilines is 1. The van der Waals surface area contributed by atoms with E-state index in [4.69, 9.17) is 4.74 Å². The molecule has 0 aromatic carbocycles. The van der Waals surface area contributed by atoms with Gasteiger partial charge in [0.1, 0.15) is 0 Å². The Kier molecular flexibility index (Phi) is 3.00. The van der Waals surface area contributed by atoms with Crippen molar-refractivity contribution in [3.05, 3.63) is 24.5 Å². The van der Waals surface area contributed by atoms with Gasteiger partial charge in [-0.25, -0.2) is 0 Å². The van der Waals surface area contributed by atoms with Crippen molar-refractivity contribution in [1.82, 2.24) is 4.98 Å². The largest absolute Gasteiger partial charge is 0.416 e. The number of nitrogens with zero attached hydrogens (tertiary/aromatic N) is 2. The Balaban J connectivity index is 2.08. The molecule has 0 amide bonds. The lowest BCUT2D eigenvalue weighted by molar-refractivity contribution is -0.221. The lowest BCUT2D eigenvalue weighted by Crippen LogP contribution is -2.49. The molecule has 1 aliphatic rings. The van der Waals surface area contributed by atoms with Crippen LogP contribution in [-0.4, -0.2) is 37.0 Å². The van der Waals surface area contributed by atoms with Gasteiger partial charge in [-0.1, -0.05) is 0 Å². The van der Waals surface area contributed by atoms with Crippen LogP contribution in [0.15, 0.2) is 24.5 Å². The molecule has 0 saturated carbocycles. The van der Waals surface area contributed by atoms with E-state index in [1.54, 1.807) is 29.4 Å². The van der Waals surface area contributed by atoms with Crippen LogP contribution in [-0.2, 0) is 4.74 Å². The number of rotatable bonds is 1. The quantitative estimate of drug-likeness (QED) is 0.738. The Hall–Kier alpha value is -1.30. The van der Waals surface area contributed by atoms with E-state index < -0.39 is 12.3 Å². The predicted molar refractivity (Wildman–Crippen MR) is 52.2 cm³/mol. The Morgan fingerprint density at radius 1 is 1.44 bits per heavy atom. The second-order valence-electron chi connectivity index (χ2n) is 3.56. The topological polar surface area (TPSA) is 25.4 Å². The summed E-state index contributed by atoms with van der Waals surface area (Å²) in [5.74, 6) is 0. The molecule has 2 rings (SSSR count). The maximum absolute atomic E-state index is 12.5. The molecule has 6 heteroatoms. The molecule has 1 aliphatic heterocycles. The van der Waals surface area contributed by atoms with E-state index >= 15 is 0 Å². The first-order valence-corrected chi connectivity index (χ1v) is 4.90. The SMILES string of the molecule is FC(F)(F)C1CN(c2cccnc2)CCO1. The molecule has 16 heavy (non-hydrogen) atoms. The summed E-state index contributed by atoms with van der Waals surface area (Å²) in [4.78, 5) is 5.52. The third-order valence-electron chi connectivity index (χ3n) is 2.44. The number of ether oxygens (including phenoxy) is 1. The molecule has 1 aromatic heterocycles. The average Bonchev–Trinajstić information content (AvgIpc) is 2.29. The summed E-state index contributed by atoms with van der Waals surface area (Å²) < 4.78 is 42.1. The number of hydrogen-bond donors (Lipinski definition) is 0. The Morgan fingerprint density at radius 2 is 2.25 bits per heavy atom. The van der Waals surface area contributed by atoms with E-state index in [9.17, 15) is 13.2 Å². The van der Waals surface area contributed by atoms with E-state index in [2.05, 4.69) is 4.98 Å². The van der Waals surface area contributed by atoms with Crippen LogP contribution in [0, 0.1) is 0 Å². The molecule has 1 unspecified atom stereocenters. The van der Waals surface area contributed by atoms with Crippen LogP contribution in [0.5, 0.6) is 0 Å². The van der Waals surface area contributed by atoms with Crippen molar-refractivity contribution in [2.75, 3.05) is 24.6 Å². The highest BCUT2D eigenvalue weighted by Crippen LogP contribution is 2.27. The second kappa shape index (κ2) is 4.29. The fourth-order valence-corrected chi connectivity index (χ4v) is 1.62. The fourth-order valence-electron chi connectivity index (χ4n) is 1.62. The molecular formula is C10H11F3N2O. The van der Waals surface area contributed by atoms with E-state index in [0.29, 0.717) is 12.2 Å². The summed E-state index contributed by atoms with van der Waals surface area (Å²) in [6.45, 7) is 0.368. The lowest BCUT2D eigenvalue weighted by atomic mass is 10.2. The Labute approximate surface area is 90.8 Å². The standard InChI is InChI=1S/C10H11F3N2O/c11-10(12,13)9-7-15(4-5-16-9)8-2-1-3-14-6-8/h1-3,6,9H,4-5,7H2. The zero-order valence-electron chi connectivity index (χ0n) is 8.44. The molecule has 88 valence electrons. The molecule has 1 atom stereocenters. The van der Waals surface area contributed by atoms with Gasteiger partial charge in [0.2, 0.25) is 0 Å². The van der Waals surface area contributed by atoms with Gasteiger partial charge in [0.05, 0.1) is 25.0 Å². The fraction of sp³-hybridized carbons (Fsp3) is 0.500. The van der Waals surface area contributed by atoms with Crippen LogP contribution >= 0.6 is 0 Å². The van der Waals surface area contributed by atoms with Crippen LogP contribution in [0.2, 0.25) is 0 Å². The molecule has 1 saturated heterocycles. The van der Waals surface area contributed by atoms with Crippen LogP contribution in [0.4, 0.5) is 18.9 Å². The van der Waals surface area contributed by atoms with Crippen molar-refractivity contribution in [2.24, 2.45) is 0 Å². The van der Waals surface area contributed by atoms with Crippen molar-refractivity contribution in [3.8, 4) is 0 Å². The van der Waals surface area contributed by atoms with Gasteiger partial charge in [0, 0.05) is 12.7 Å². The molecule has 0 bridgehead atoms. The minimum atomic E-state index is -4.30. The highest BCUT2D eigenvalue weighted by molar-refractivity contribution is 5.44. The molecule has 0 radical (unpaired) electrons. The van der Waals surface area contributed by atoms with E-state index in [0.717, 1.165) is 0 Å². The van der Waals surface area contributed by atoms with Crippen LogP contribution in [0.1, 0.15) is 0 Å². The number of alkyl halides is 3. The predicted octanol–water partition coefficient (Wildman–Crippen LogP) is 1.85. The third-order valence-corrected chi connectivity index (χ3v) is 2.44. The molecule has 0 N–H and O–H groups in total. The number of halogens is 3. The summed E-state index contributed by atoms with van der Waals surface area (Å²) in [5, 5.41) is 0. The van der Waals surface area contributed by atoms with Gasteiger partial charge in [0.15, 0.2) is 6.10 Å². The summed E-state index contributed by atoms with van der Waals surface area (Å²) in [7, 11) is 0. The number of pyridine rings is 1. The van der Waals surface area contributed by atoms with E-state index in [1.165, 1.54) is 0 Å². The van der Waals surface area contributed by atoms with E-state index in [-0.39, 0.29) is 13.2 Å². The van der Waals surface area contributed by atoms with Gasteiger partial charge in [-0.3, -0.25) is 4.98 Å². The highest BCUT2D eigenvalue weighted by atomic mass is 19.4. The summed E-state index contributed by atoms with van der Waals surface area (Å²) in [6.07, 6.45) is -2.87. The maximum atomic E-state index is 12.5. The maximum Gasteiger partial charge on any atom is 0.416 e. The molecule has 1 aromatic rings. The van der Waals surface area contributed by atoms with Crippen LogP contribution in [0.25, 0.3) is 0 Å². The normalized spacial score (nSPS) is 22.2. The summed E-state index contributed by atoms with van der Waals surface area (Å²) in [5.41, 5.74) is 0.694. The van der Waals surface area contributed by atoms with E-state index in [1.807, 2.05) is 0 Å². The first-order chi connectivity index (χ1) is 7.57. The first kappa shape index (κ1) is 11.2. The van der Waals surface area contributed by atoms with Crippen molar-refractivity contribution in [1.29, 1.82) is 0 Å². The number of aromatic nitrogens is 1. The van der Waals surface area contributed by atoms with Gasteiger partial charge in [-0.15, -0.1) is 0 Å². The number of hydrogen-bond acceptors (Lipinski definition) is 3. The van der Waals surface area contributed by atoms with Crippen LogP contribution < -0.4 is 4.90 Å². The molecule has 0 spiro atoms.